The second-order valence-electron chi connectivity index (χ2n) is 10.0. The molecule has 2 aromatic heterocycles. The molecule has 0 amide bonds. The first-order chi connectivity index (χ1) is 15.9. The maximum absolute atomic E-state index is 13.6. The number of fused-ring (bicyclic) bond motifs is 2. The Morgan fingerprint density at radius 2 is 2.09 bits per heavy atom. The van der Waals surface area contributed by atoms with E-state index in [4.69, 9.17) is 9.97 Å². The highest BCUT2D eigenvalue weighted by atomic mass is 32.1. The van der Waals surface area contributed by atoms with Gasteiger partial charge in [-0.3, -0.25) is 4.98 Å². The van der Waals surface area contributed by atoms with Crippen LogP contribution in [0.1, 0.15) is 48.3 Å². The number of nitrogens with zero attached hydrogens (tertiary/aromatic N) is 3. The minimum absolute atomic E-state index is 0.0197. The fraction of sp³-hybridized carbons (Fsp3) is 0.407. The molecule has 1 fully saturated rings. The number of pyridine rings is 1. The van der Waals surface area contributed by atoms with Gasteiger partial charge in [0.05, 0.1) is 16.1 Å². The van der Waals surface area contributed by atoms with Crippen molar-refractivity contribution in [3.05, 3.63) is 80.1 Å². The third-order valence-electron chi connectivity index (χ3n) is 6.38. The maximum atomic E-state index is 13.6. The Morgan fingerprint density at radius 3 is 2.91 bits per heavy atom. The van der Waals surface area contributed by atoms with Crippen LogP contribution in [0.2, 0.25) is 0 Å². The molecule has 3 aromatic rings. The SMILES string of the molecule is CC(C)(C)c1nc2c(s1)CC=c1cccnc1=C2N1CCNC(CCc2cccc(F)c2)C1. The highest BCUT2D eigenvalue weighted by Gasteiger charge is 2.29. The van der Waals surface area contributed by atoms with Crippen LogP contribution < -0.4 is 15.9 Å². The van der Waals surface area contributed by atoms with Gasteiger partial charge in [-0.2, -0.15) is 0 Å². The summed E-state index contributed by atoms with van der Waals surface area (Å²) in [6, 6.07) is 11.5. The van der Waals surface area contributed by atoms with Gasteiger partial charge in [-0.15, -0.1) is 11.3 Å². The van der Waals surface area contributed by atoms with Crippen molar-refractivity contribution in [1.82, 2.24) is 20.2 Å². The molecule has 33 heavy (non-hydrogen) atoms. The Labute approximate surface area is 198 Å². The van der Waals surface area contributed by atoms with Crippen LogP contribution in [0.3, 0.4) is 0 Å². The monoisotopic (exact) mass is 462 g/mol. The first-order valence-corrected chi connectivity index (χ1v) is 12.6. The molecule has 1 aliphatic heterocycles. The molecule has 2 aliphatic rings. The van der Waals surface area contributed by atoms with Crippen LogP contribution in [0.4, 0.5) is 4.39 Å². The second-order valence-corrected chi connectivity index (χ2v) is 11.1. The fourth-order valence-electron chi connectivity index (χ4n) is 4.65. The zero-order chi connectivity index (χ0) is 23.0. The summed E-state index contributed by atoms with van der Waals surface area (Å²) in [5.74, 6) is -0.163. The molecule has 3 heterocycles. The van der Waals surface area contributed by atoms with E-state index >= 15 is 0 Å². The molecule has 0 spiro atoms. The van der Waals surface area contributed by atoms with Crippen molar-refractivity contribution in [1.29, 1.82) is 0 Å². The van der Waals surface area contributed by atoms with Crippen LogP contribution >= 0.6 is 11.3 Å². The molecule has 1 aliphatic carbocycles. The molecule has 0 bridgehead atoms. The molecule has 6 heteroatoms. The number of nitrogens with one attached hydrogen (secondary N) is 1. The lowest BCUT2D eigenvalue weighted by molar-refractivity contribution is 0.267. The number of piperazine rings is 1. The molecule has 0 radical (unpaired) electrons. The average molecular weight is 463 g/mol. The van der Waals surface area contributed by atoms with Gasteiger partial charge in [-0.1, -0.05) is 45.0 Å². The first kappa shape index (κ1) is 22.2. The Bertz CT molecular complexity index is 1270. The number of rotatable bonds is 4. The largest absolute Gasteiger partial charge is 0.365 e. The summed E-state index contributed by atoms with van der Waals surface area (Å²) in [6.45, 7) is 9.41. The van der Waals surface area contributed by atoms with E-state index in [1.807, 2.05) is 29.7 Å². The molecular weight excluding hydrogens is 431 g/mol. The summed E-state index contributed by atoms with van der Waals surface area (Å²) in [7, 11) is 0. The summed E-state index contributed by atoms with van der Waals surface area (Å²) in [4.78, 5) is 13.8. The molecule has 172 valence electrons. The third kappa shape index (κ3) is 4.73. The quantitative estimate of drug-likeness (QED) is 0.646. The summed E-state index contributed by atoms with van der Waals surface area (Å²) >= 11 is 1.83. The van der Waals surface area contributed by atoms with Gasteiger partial charge in [0, 0.05) is 48.6 Å². The zero-order valence-electron chi connectivity index (χ0n) is 19.6. The van der Waals surface area contributed by atoms with Gasteiger partial charge in [0.1, 0.15) is 11.5 Å². The van der Waals surface area contributed by atoms with Crippen LogP contribution in [0, 0.1) is 5.82 Å². The Morgan fingerprint density at radius 1 is 1.21 bits per heavy atom. The van der Waals surface area contributed by atoms with Crippen LogP contribution in [0.5, 0.6) is 0 Å². The van der Waals surface area contributed by atoms with E-state index in [1.165, 1.54) is 26.9 Å². The lowest BCUT2D eigenvalue weighted by Gasteiger charge is -2.36. The average Bonchev–Trinajstić information content (AvgIpc) is 3.16. The second kappa shape index (κ2) is 8.99. The van der Waals surface area contributed by atoms with Crippen LogP contribution in [-0.2, 0) is 18.3 Å². The third-order valence-corrected chi connectivity index (χ3v) is 7.88. The van der Waals surface area contributed by atoms with E-state index in [0.29, 0.717) is 6.04 Å². The lowest BCUT2D eigenvalue weighted by atomic mass is 9.98. The number of aromatic nitrogens is 2. The van der Waals surface area contributed by atoms with E-state index in [2.05, 4.69) is 43.1 Å². The van der Waals surface area contributed by atoms with Crippen molar-refractivity contribution in [2.45, 2.75) is 51.5 Å². The van der Waals surface area contributed by atoms with Gasteiger partial charge < -0.3 is 10.2 Å². The fourth-order valence-corrected chi connectivity index (χ4v) is 5.73. The number of thiazole rings is 1. The predicted octanol–water partition coefficient (Wildman–Crippen LogP) is 3.37. The first-order valence-electron chi connectivity index (χ1n) is 11.8. The lowest BCUT2D eigenvalue weighted by Crippen LogP contribution is -2.52. The summed E-state index contributed by atoms with van der Waals surface area (Å²) in [6.07, 6.45) is 6.89. The number of hydrogen-bond donors (Lipinski definition) is 1. The van der Waals surface area contributed by atoms with Crippen molar-refractivity contribution in [2.24, 2.45) is 0 Å². The Kier molecular flexibility index (Phi) is 6.06. The minimum atomic E-state index is -0.163. The highest BCUT2D eigenvalue weighted by molar-refractivity contribution is 7.12. The van der Waals surface area contributed by atoms with Gasteiger partial charge in [0.15, 0.2) is 0 Å². The van der Waals surface area contributed by atoms with Gasteiger partial charge in [-0.25, -0.2) is 9.37 Å². The van der Waals surface area contributed by atoms with Crippen LogP contribution in [0.25, 0.3) is 11.8 Å². The number of benzene rings is 1. The minimum Gasteiger partial charge on any atom is -0.365 e. The zero-order valence-corrected chi connectivity index (χ0v) is 20.4. The molecule has 1 saturated heterocycles. The van der Waals surface area contributed by atoms with Gasteiger partial charge in [0.25, 0.3) is 0 Å². The van der Waals surface area contributed by atoms with Crippen molar-refractivity contribution in [3.63, 3.8) is 0 Å². The van der Waals surface area contributed by atoms with Gasteiger partial charge in [0.2, 0.25) is 0 Å². The van der Waals surface area contributed by atoms with Gasteiger partial charge >= 0.3 is 0 Å². The van der Waals surface area contributed by atoms with E-state index in [0.717, 1.165) is 55.5 Å². The number of hydrogen-bond acceptors (Lipinski definition) is 5. The molecule has 4 nitrogen and oxygen atoms in total. The molecule has 1 aromatic carbocycles. The van der Waals surface area contributed by atoms with E-state index < -0.39 is 0 Å². The smallest absolute Gasteiger partial charge is 0.123 e. The Balaban J connectivity index is 1.48. The van der Waals surface area contributed by atoms with E-state index in [1.54, 1.807) is 12.1 Å². The molecule has 1 unspecified atom stereocenters. The molecule has 5 rings (SSSR count). The predicted molar refractivity (Wildman–Crippen MR) is 133 cm³/mol. The van der Waals surface area contributed by atoms with Crippen LogP contribution in [-0.4, -0.2) is 40.5 Å². The number of halogens is 1. The normalized spacial score (nSPS) is 18.4. The Hall–Kier alpha value is -2.57. The number of aryl methyl sites for hydroxylation is 1. The van der Waals surface area contributed by atoms with Crippen molar-refractivity contribution in [2.75, 3.05) is 19.6 Å². The van der Waals surface area contributed by atoms with Crippen molar-refractivity contribution >= 4 is 23.1 Å². The molecule has 0 saturated carbocycles. The standard InChI is InChI=1S/C27H31FN4S/c1-27(2,3)26-31-24-22(33-26)12-10-19-7-5-13-30-23(19)25(24)32-15-14-29-21(17-32)11-9-18-6-4-8-20(28)16-18/h4-8,10,13,16,21,29H,9,11-12,14-15,17H2,1-3H3. The van der Waals surface area contributed by atoms with Crippen molar-refractivity contribution in [3.8, 4) is 0 Å². The van der Waals surface area contributed by atoms with Crippen molar-refractivity contribution < 1.29 is 4.39 Å². The summed E-state index contributed by atoms with van der Waals surface area (Å²) < 4.78 is 13.6. The van der Waals surface area contributed by atoms with Crippen LogP contribution in [0.15, 0.2) is 42.6 Å². The summed E-state index contributed by atoms with van der Waals surface area (Å²) in [5.41, 5.74) is 3.34. The highest BCUT2D eigenvalue weighted by Crippen LogP contribution is 2.34. The molecular formula is C27H31FN4S. The molecule has 1 N–H and O–H groups in total. The van der Waals surface area contributed by atoms with E-state index in [-0.39, 0.29) is 11.2 Å². The summed E-state index contributed by atoms with van der Waals surface area (Å²) in [5, 5.41) is 7.07. The molecule has 1 atom stereocenters. The van der Waals surface area contributed by atoms with E-state index in [9.17, 15) is 4.39 Å². The van der Waals surface area contributed by atoms with Gasteiger partial charge in [-0.05, 0) is 41.8 Å². The topological polar surface area (TPSA) is 41.1 Å². The maximum Gasteiger partial charge on any atom is 0.123 e.